The Labute approximate surface area is 164 Å². The van der Waals surface area contributed by atoms with Crippen LogP contribution < -0.4 is 4.89 Å². The van der Waals surface area contributed by atoms with Crippen molar-refractivity contribution in [3.05, 3.63) is 0 Å². The van der Waals surface area contributed by atoms with Crippen LogP contribution in [0.4, 0.5) is 0 Å². The lowest BCUT2D eigenvalue weighted by Gasteiger charge is -2.34. The van der Waals surface area contributed by atoms with Crippen LogP contribution in [-0.4, -0.2) is 70.9 Å². The molecule has 1 atom stereocenters. The average molecular weight is 415 g/mol. The van der Waals surface area contributed by atoms with Gasteiger partial charge in [0, 0.05) is 4.62 Å². The fourth-order valence-corrected chi connectivity index (χ4v) is 4.11. The minimum atomic E-state index is -4.34. The molecule has 0 radical (unpaired) electrons. The predicted molar refractivity (Wildman–Crippen MR) is 104 cm³/mol. The fourth-order valence-electron chi connectivity index (χ4n) is 3.02. The monoisotopic (exact) mass is 414 g/mol. The van der Waals surface area contributed by atoms with Crippen LogP contribution in [0, 0.1) is 0 Å². The van der Waals surface area contributed by atoms with Gasteiger partial charge in [0.15, 0.2) is 0 Å². The van der Waals surface area contributed by atoms with E-state index in [0.717, 1.165) is 12.8 Å². The van der Waals surface area contributed by atoms with Gasteiger partial charge in [-0.1, -0.05) is 64.7 Å². The Morgan fingerprint density at radius 2 is 1.15 bits per heavy atom. The van der Waals surface area contributed by atoms with Gasteiger partial charge in [0.1, 0.15) is 19.6 Å². The number of hydrogen-bond acceptors (Lipinski definition) is 7. The molecule has 1 unspecified atom stereocenters. The lowest BCUT2D eigenvalue weighted by atomic mass is 10.1. The maximum absolute atomic E-state index is 12.2. The molecule has 0 heterocycles. The van der Waals surface area contributed by atoms with Crippen molar-refractivity contribution >= 4 is 8.17 Å². The molecule has 0 aromatic heterocycles. The fraction of sp³-hybridized carbons (Fsp3) is 1.00. The number of quaternary nitrogens is 1. The highest BCUT2D eigenvalue weighted by molar-refractivity contribution is 7.52. The van der Waals surface area contributed by atoms with E-state index in [9.17, 15) is 9.79 Å². The molecule has 0 saturated heterocycles. The first-order valence-electron chi connectivity index (χ1n) is 10.3. The molecular weight excluding hydrogens is 373 g/mol. The molecule has 0 rings (SSSR count). The van der Waals surface area contributed by atoms with E-state index in [-0.39, 0.29) is 46.1 Å². The van der Waals surface area contributed by atoms with Crippen molar-refractivity contribution in [1.29, 1.82) is 0 Å². The van der Waals surface area contributed by atoms with Crippen molar-refractivity contribution in [2.24, 2.45) is 0 Å². The first-order chi connectivity index (χ1) is 12.9. The van der Waals surface area contributed by atoms with E-state index in [1.807, 2.05) is 0 Å². The summed E-state index contributed by atoms with van der Waals surface area (Å²) >= 11 is 0. The van der Waals surface area contributed by atoms with E-state index in [1.54, 1.807) is 0 Å². The SMILES string of the molecule is CCCCCCCCCCCCO[P+]([O-])(O)O[N+](CCO)(CCO)CCO. The molecule has 0 aromatic carbocycles. The van der Waals surface area contributed by atoms with Gasteiger partial charge in [0.2, 0.25) is 0 Å². The largest absolute Gasteiger partial charge is 0.601 e. The van der Waals surface area contributed by atoms with Crippen molar-refractivity contribution in [3.63, 3.8) is 0 Å². The van der Waals surface area contributed by atoms with Crippen molar-refractivity contribution in [3.8, 4) is 0 Å². The number of phosphoric ester groups is 1. The number of phosphoric acid groups is 1. The summed E-state index contributed by atoms with van der Waals surface area (Å²) in [5.41, 5.74) is 0. The maximum Gasteiger partial charge on any atom is 0.446 e. The van der Waals surface area contributed by atoms with Gasteiger partial charge >= 0.3 is 8.17 Å². The summed E-state index contributed by atoms with van der Waals surface area (Å²) in [6.07, 6.45) is 11.6. The Bertz CT molecular complexity index is 318. The second-order valence-corrected chi connectivity index (χ2v) is 8.32. The standard InChI is InChI=1S/C18H40NO7P/c1-2-3-4-5-6-7-8-9-10-11-18-25-27(23,24)26-19(12-15-20,13-16-21)14-17-22/h20-22H,2-18H2,1H3/p+1. The van der Waals surface area contributed by atoms with E-state index in [0.29, 0.717) is 6.42 Å². The molecule has 4 N–H and O–H groups in total. The molecule has 0 aliphatic heterocycles. The van der Waals surface area contributed by atoms with Gasteiger partial charge in [-0.25, -0.2) is 0 Å². The molecule has 0 fully saturated rings. The molecule has 27 heavy (non-hydrogen) atoms. The van der Waals surface area contributed by atoms with Crippen LogP contribution in [0.15, 0.2) is 0 Å². The summed E-state index contributed by atoms with van der Waals surface area (Å²) < 4.78 is 9.69. The summed E-state index contributed by atoms with van der Waals surface area (Å²) in [6.45, 7) is 1.34. The molecule has 0 aromatic rings. The van der Waals surface area contributed by atoms with Crippen LogP contribution in [-0.2, 0) is 9.15 Å². The van der Waals surface area contributed by atoms with Crippen molar-refractivity contribution in [1.82, 2.24) is 0 Å². The quantitative estimate of drug-likeness (QED) is 0.103. The number of hydroxylamine groups is 3. The molecular formula is C18H41NO7P+. The number of aliphatic hydroxyl groups is 3. The summed E-state index contributed by atoms with van der Waals surface area (Å²) in [7, 11) is -4.34. The Morgan fingerprint density at radius 1 is 0.741 bits per heavy atom. The summed E-state index contributed by atoms with van der Waals surface area (Å²) in [5.74, 6) is 0. The normalized spacial score (nSPS) is 14.4. The van der Waals surface area contributed by atoms with Gasteiger partial charge in [0.25, 0.3) is 0 Å². The molecule has 8 nitrogen and oxygen atoms in total. The van der Waals surface area contributed by atoms with Gasteiger partial charge in [-0.05, 0) is 6.42 Å². The Balaban J connectivity index is 3.99. The first kappa shape index (κ1) is 27.1. The zero-order valence-electron chi connectivity index (χ0n) is 16.9. The topological polar surface area (TPSA) is 122 Å². The Kier molecular flexibility index (Phi) is 17.1. The molecule has 164 valence electrons. The molecule has 0 bridgehead atoms. The summed E-state index contributed by atoms with van der Waals surface area (Å²) in [4.78, 5) is 22.1. The highest BCUT2D eigenvalue weighted by Crippen LogP contribution is 2.50. The summed E-state index contributed by atoms with van der Waals surface area (Å²) in [6, 6.07) is 0. The minimum Gasteiger partial charge on any atom is -0.601 e. The second-order valence-electron chi connectivity index (χ2n) is 6.97. The zero-order chi connectivity index (χ0) is 20.4. The van der Waals surface area contributed by atoms with Crippen molar-refractivity contribution in [2.45, 2.75) is 71.1 Å². The van der Waals surface area contributed by atoms with E-state index >= 15 is 0 Å². The third-order valence-corrected chi connectivity index (χ3v) is 5.61. The van der Waals surface area contributed by atoms with Crippen molar-refractivity contribution in [2.75, 3.05) is 46.1 Å². The van der Waals surface area contributed by atoms with Crippen molar-refractivity contribution < 1.29 is 38.9 Å². The minimum absolute atomic E-state index is 0.0205. The first-order valence-corrected chi connectivity index (χ1v) is 11.8. The highest BCUT2D eigenvalue weighted by atomic mass is 31.2. The highest BCUT2D eigenvalue weighted by Gasteiger charge is 2.44. The van der Waals surface area contributed by atoms with Gasteiger partial charge in [-0.2, -0.15) is 9.42 Å². The Hall–Kier alpha value is 0.110. The van der Waals surface area contributed by atoms with Crippen LogP contribution in [0.25, 0.3) is 0 Å². The lowest BCUT2D eigenvalue weighted by molar-refractivity contribution is -1.09. The third-order valence-electron chi connectivity index (χ3n) is 4.55. The van der Waals surface area contributed by atoms with Gasteiger partial charge in [0.05, 0.1) is 26.4 Å². The Morgan fingerprint density at radius 3 is 1.56 bits per heavy atom. The molecule has 9 heteroatoms. The maximum atomic E-state index is 12.2. The van der Waals surface area contributed by atoms with Crippen LogP contribution in [0.2, 0.25) is 0 Å². The number of rotatable bonds is 20. The van der Waals surface area contributed by atoms with Gasteiger partial charge in [-0.3, -0.25) is 0 Å². The van der Waals surface area contributed by atoms with Gasteiger partial charge < -0.3 is 20.2 Å². The number of unbranched alkanes of at least 4 members (excludes halogenated alkanes) is 9. The van der Waals surface area contributed by atoms with Crippen LogP contribution in [0.1, 0.15) is 71.1 Å². The number of hydrogen-bond donors (Lipinski definition) is 4. The zero-order valence-corrected chi connectivity index (χ0v) is 17.8. The second kappa shape index (κ2) is 17.0. The lowest BCUT2D eigenvalue weighted by Crippen LogP contribution is -2.53. The number of nitrogens with zero attached hydrogens (tertiary/aromatic N) is 1. The average Bonchev–Trinajstić information content (AvgIpc) is 2.60. The summed E-state index contributed by atoms with van der Waals surface area (Å²) in [5, 5.41) is 27.5. The van der Waals surface area contributed by atoms with E-state index in [4.69, 9.17) is 24.5 Å². The van der Waals surface area contributed by atoms with E-state index < -0.39 is 12.8 Å². The van der Waals surface area contributed by atoms with Gasteiger partial charge in [-0.15, -0.1) is 4.65 Å². The number of aliphatic hydroxyl groups excluding tert-OH is 3. The molecule has 0 spiro atoms. The molecule has 0 amide bonds. The third kappa shape index (κ3) is 14.7. The van der Waals surface area contributed by atoms with E-state index in [1.165, 1.54) is 44.9 Å². The van der Waals surface area contributed by atoms with Crippen LogP contribution in [0.5, 0.6) is 0 Å². The van der Waals surface area contributed by atoms with E-state index in [2.05, 4.69) is 6.92 Å². The predicted octanol–water partition coefficient (Wildman–Crippen LogP) is 1.68. The molecule has 0 aliphatic carbocycles. The molecule has 0 aliphatic rings. The smallest absolute Gasteiger partial charge is 0.446 e. The molecule has 0 saturated carbocycles. The van der Waals surface area contributed by atoms with Crippen LogP contribution in [0.3, 0.4) is 0 Å². The van der Waals surface area contributed by atoms with Crippen LogP contribution >= 0.6 is 8.17 Å².